The number of amides is 1. The van der Waals surface area contributed by atoms with E-state index >= 15 is 0 Å². The van der Waals surface area contributed by atoms with Gasteiger partial charge in [-0.3, -0.25) is 9.10 Å². The monoisotopic (exact) mass is 412 g/mol. The molecule has 2 aromatic rings. The van der Waals surface area contributed by atoms with Gasteiger partial charge in [-0.25, -0.2) is 8.42 Å². The molecule has 0 aliphatic carbocycles. The van der Waals surface area contributed by atoms with Crippen LogP contribution in [0.4, 0.5) is 5.69 Å². The molecule has 1 aliphatic heterocycles. The summed E-state index contributed by atoms with van der Waals surface area (Å²) in [4.78, 5) is 11.8. The van der Waals surface area contributed by atoms with Crippen LogP contribution in [0.25, 0.3) is 0 Å². The van der Waals surface area contributed by atoms with Gasteiger partial charge in [0.1, 0.15) is 0 Å². The molecular weight excluding hydrogens is 395 g/mol. The number of nitrogens with two attached hydrogens (primary N) is 1. The number of carbonyl (C=O) groups is 1. The predicted molar refractivity (Wildman–Crippen MR) is 104 cm³/mol. The predicted octanol–water partition coefficient (Wildman–Crippen LogP) is 3.69. The Morgan fingerprint density at radius 3 is 2.58 bits per heavy atom. The first-order valence-corrected chi connectivity index (χ1v) is 10.4. The van der Waals surface area contributed by atoms with Crippen LogP contribution in [0.2, 0.25) is 10.0 Å². The van der Waals surface area contributed by atoms with Crippen molar-refractivity contribution in [2.45, 2.75) is 31.1 Å². The summed E-state index contributed by atoms with van der Waals surface area (Å²) in [5, 5.41) is 0.742. The fraction of sp³-hybridized carbons (Fsp3) is 0.278. The number of carbonyl (C=O) groups excluding carboxylic acids is 1. The molecule has 1 aliphatic rings. The van der Waals surface area contributed by atoms with Crippen molar-refractivity contribution in [2.75, 3.05) is 4.31 Å². The minimum atomic E-state index is -3.73. The van der Waals surface area contributed by atoms with E-state index in [4.69, 9.17) is 28.9 Å². The number of benzene rings is 2. The second kappa shape index (κ2) is 7.10. The summed E-state index contributed by atoms with van der Waals surface area (Å²) in [6.07, 6.45) is 0.333. The van der Waals surface area contributed by atoms with Gasteiger partial charge in [-0.15, -0.1) is 0 Å². The Balaban J connectivity index is 2.03. The van der Waals surface area contributed by atoms with Gasteiger partial charge in [0.2, 0.25) is 15.9 Å². The van der Waals surface area contributed by atoms with Gasteiger partial charge in [-0.05, 0) is 42.7 Å². The SMILES string of the molecule is C[C@H]1C[C@@H](C(N)=O)c2ccccc2N1S(=O)(=O)Cc1ccc(Cl)cc1Cl. The van der Waals surface area contributed by atoms with Crippen LogP contribution in [-0.2, 0) is 20.6 Å². The molecular formula is C18H18Cl2N2O3S. The topological polar surface area (TPSA) is 80.5 Å². The molecule has 5 nitrogen and oxygen atoms in total. The lowest BCUT2D eigenvalue weighted by Crippen LogP contribution is -2.45. The van der Waals surface area contributed by atoms with Crippen LogP contribution in [0.15, 0.2) is 42.5 Å². The number of anilines is 1. The fourth-order valence-electron chi connectivity index (χ4n) is 3.38. The second-order valence-corrected chi connectivity index (χ2v) is 9.08. The molecule has 2 atom stereocenters. The van der Waals surface area contributed by atoms with Gasteiger partial charge in [0.25, 0.3) is 0 Å². The van der Waals surface area contributed by atoms with Gasteiger partial charge < -0.3 is 5.73 Å². The average Bonchev–Trinajstić information content (AvgIpc) is 2.56. The third kappa shape index (κ3) is 3.54. The summed E-state index contributed by atoms with van der Waals surface area (Å²) in [5.74, 6) is -1.23. The Morgan fingerprint density at radius 2 is 1.92 bits per heavy atom. The smallest absolute Gasteiger partial charge is 0.239 e. The van der Waals surface area contributed by atoms with Gasteiger partial charge >= 0.3 is 0 Å². The van der Waals surface area contributed by atoms with E-state index in [9.17, 15) is 13.2 Å². The maximum absolute atomic E-state index is 13.2. The van der Waals surface area contributed by atoms with Crippen molar-refractivity contribution in [3.8, 4) is 0 Å². The number of primary amides is 1. The molecule has 0 saturated carbocycles. The van der Waals surface area contributed by atoms with E-state index in [1.807, 2.05) is 0 Å². The number of halogens is 2. The maximum Gasteiger partial charge on any atom is 0.239 e. The average molecular weight is 413 g/mol. The molecule has 138 valence electrons. The van der Waals surface area contributed by atoms with Crippen LogP contribution in [0, 0.1) is 0 Å². The highest BCUT2D eigenvalue weighted by molar-refractivity contribution is 7.92. The van der Waals surface area contributed by atoms with Gasteiger partial charge in [0, 0.05) is 16.1 Å². The number of hydrogen-bond acceptors (Lipinski definition) is 3. The van der Waals surface area contributed by atoms with Crippen LogP contribution in [-0.4, -0.2) is 20.4 Å². The lowest BCUT2D eigenvalue weighted by Gasteiger charge is -2.39. The van der Waals surface area contributed by atoms with Crippen LogP contribution >= 0.6 is 23.2 Å². The van der Waals surface area contributed by atoms with Gasteiger partial charge in [0.15, 0.2) is 0 Å². The highest BCUT2D eigenvalue weighted by Crippen LogP contribution is 2.40. The Kier molecular flexibility index (Phi) is 5.19. The molecule has 8 heteroatoms. The summed E-state index contributed by atoms with van der Waals surface area (Å²) >= 11 is 12.0. The fourth-order valence-corrected chi connectivity index (χ4v) is 5.82. The van der Waals surface area contributed by atoms with Crippen molar-refractivity contribution in [2.24, 2.45) is 5.73 Å². The zero-order valence-corrected chi connectivity index (χ0v) is 16.4. The molecule has 0 aromatic heterocycles. The molecule has 2 aromatic carbocycles. The van der Waals surface area contributed by atoms with Gasteiger partial charge in [-0.1, -0.05) is 47.5 Å². The quantitative estimate of drug-likeness (QED) is 0.830. The van der Waals surface area contributed by atoms with Crippen molar-refractivity contribution in [3.63, 3.8) is 0 Å². The minimum absolute atomic E-state index is 0.261. The summed E-state index contributed by atoms with van der Waals surface area (Å²) in [5.41, 5.74) is 7.10. The number of sulfonamides is 1. The van der Waals surface area contributed by atoms with E-state index < -0.39 is 27.9 Å². The molecule has 0 radical (unpaired) electrons. The van der Waals surface area contributed by atoms with E-state index in [0.29, 0.717) is 33.3 Å². The molecule has 0 spiro atoms. The van der Waals surface area contributed by atoms with E-state index in [1.165, 1.54) is 10.4 Å². The highest BCUT2D eigenvalue weighted by atomic mass is 35.5. The standard InChI is InChI=1S/C18H18Cl2N2O3S/c1-11-8-15(18(21)23)14-4-2-3-5-17(14)22(11)26(24,25)10-12-6-7-13(19)9-16(12)20/h2-7,9,11,15H,8,10H2,1H3,(H2,21,23)/t11-,15+/m0/s1. The number of hydrogen-bond donors (Lipinski definition) is 1. The molecule has 1 amide bonds. The number of para-hydroxylation sites is 1. The van der Waals surface area contributed by atoms with E-state index in [0.717, 1.165) is 0 Å². The third-order valence-electron chi connectivity index (χ3n) is 4.52. The lowest BCUT2D eigenvalue weighted by molar-refractivity contribution is -0.119. The second-order valence-electron chi connectivity index (χ2n) is 6.39. The Bertz CT molecular complexity index is 963. The summed E-state index contributed by atoms with van der Waals surface area (Å²) in [6.45, 7) is 1.77. The molecule has 3 rings (SSSR count). The maximum atomic E-state index is 13.2. The Morgan fingerprint density at radius 1 is 1.23 bits per heavy atom. The number of rotatable bonds is 4. The zero-order valence-electron chi connectivity index (χ0n) is 14.0. The Hall–Kier alpha value is -1.76. The molecule has 0 bridgehead atoms. The van der Waals surface area contributed by atoms with Crippen molar-refractivity contribution >= 4 is 44.8 Å². The normalized spacial score (nSPS) is 19.9. The van der Waals surface area contributed by atoms with Crippen molar-refractivity contribution < 1.29 is 13.2 Å². The van der Waals surface area contributed by atoms with E-state index in [2.05, 4.69) is 0 Å². The van der Waals surface area contributed by atoms with Crippen molar-refractivity contribution in [3.05, 3.63) is 63.6 Å². The first-order valence-electron chi connectivity index (χ1n) is 8.05. The highest BCUT2D eigenvalue weighted by Gasteiger charge is 2.38. The van der Waals surface area contributed by atoms with Crippen molar-refractivity contribution in [1.82, 2.24) is 0 Å². The summed E-state index contributed by atoms with van der Waals surface area (Å²) < 4.78 is 27.7. The molecule has 1 heterocycles. The summed E-state index contributed by atoms with van der Waals surface area (Å²) in [7, 11) is -3.73. The first-order chi connectivity index (χ1) is 12.2. The van der Waals surface area contributed by atoms with E-state index in [1.54, 1.807) is 43.3 Å². The largest absolute Gasteiger partial charge is 0.369 e. The number of fused-ring (bicyclic) bond motifs is 1. The molecule has 2 N–H and O–H groups in total. The molecule has 0 saturated heterocycles. The van der Waals surface area contributed by atoms with Crippen LogP contribution in [0.1, 0.15) is 30.4 Å². The van der Waals surface area contributed by atoms with Gasteiger partial charge in [-0.2, -0.15) is 0 Å². The summed E-state index contributed by atoms with van der Waals surface area (Å²) in [6, 6.07) is 11.3. The lowest BCUT2D eigenvalue weighted by atomic mass is 9.87. The van der Waals surface area contributed by atoms with Gasteiger partial charge in [0.05, 0.1) is 17.4 Å². The van der Waals surface area contributed by atoms with Crippen molar-refractivity contribution in [1.29, 1.82) is 0 Å². The third-order valence-corrected chi connectivity index (χ3v) is 6.94. The van der Waals surface area contributed by atoms with Crippen LogP contribution < -0.4 is 10.0 Å². The van der Waals surface area contributed by atoms with Crippen LogP contribution in [0.5, 0.6) is 0 Å². The molecule has 0 fully saturated rings. The molecule has 0 unspecified atom stereocenters. The molecule has 26 heavy (non-hydrogen) atoms. The van der Waals surface area contributed by atoms with E-state index in [-0.39, 0.29) is 5.75 Å². The van der Waals surface area contributed by atoms with Crippen LogP contribution in [0.3, 0.4) is 0 Å². The minimum Gasteiger partial charge on any atom is -0.369 e. The Labute approximate surface area is 162 Å². The zero-order chi connectivity index (χ0) is 19.1. The number of nitrogens with zero attached hydrogens (tertiary/aromatic N) is 1. The first kappa shape index (κ1) is 19.0.